The fourth-order valence-electron chi connectivity index (χ4n) is 2.46. The quantitative estimate of drug-likeness (QED) is 0.901. The largest absolute Gasteiger partial charge is 0.375 e. The van der Waals surface area contributed by atoms with E-state index in [9.17, 15) is 0 Å². The summed E-state index contributed by atoms with van der Waals surface area (Å²) in [7, 11) is 0. The van der Waals surface area contributed by atoms with Gasteiger partial charge in [-0.2, -0.15) is 0 Å². The van der Waals surface area contributed by atoms with Gasteiger partial charge in [-0.3, -0.25) is 0 Å². The van der Waals surface area contributed by atoms with Crippen LogP contribution in [0.2, 0.25) is 0 Å². The van der Waals surface area contributed by atoms with Crippen LogP contribution in [-0.2, 0) is 0 Å². The monoisotopic (exact) mass is 260 g/mol. The summed E-state index contributed by atoms with van der Waals surface area (Å²) in [5.74, 6) is 1.54. The van der Waals surface area contributed by atoms with Gasteiger partial charge in [0.1, 0.15) is 5.82 Å². The molecule has 18 heavy (non-hydrogen) atoms. The summed E-state index contributed by atoms with van der Waals surface area (Å²) >= 11 is 1.53. The van der Waals surface area contributed by atoms with E-state index in [1.807, 2.05) is 18.3 Å². The second kappa shape index (κ2) is 4.94. The van der Waals surface area contributed by atoms with E-state index in [2.05, 4.69) is 26.3 Å². The molecule has 0 radical (unpaired) electrons. The van der Waals surface area contributed by atoms with Crippen molar-refractivity contribution in [1.29, 1.82) is 0 Å². The zero-order valence-electron chi connectivity index (χ0n) is 10.1. The molecule has 1 atom stereocenters. The van der Waals surface area contributed by atoms with Gasteiger partial charge < -0.3 is 10.6 Å². The number of anilines is 2. The predicted octanol–water partition coefficient (Wildman–Crippen LogP) is 2.50. The third kappa shape index (κ3) is 2.31. The van der Waals surface area contributed by atoms with Crippen LogP contribution in [0.5, 0.6) is 0 Å². The molecule has 1 fully saturated rings. The van der Waals surface area contributed by atoms with Crippen LogP contribution >= 0.6 is 11.3 Å². The van der Waals surface area contributed by atoms with Crippen LogP contribution in [0.4, 0.5) is 10.9 Å². The van der Waals surface area contributed by atoms with E-state index in [-0.39, 0.29) is 0 Å². The van der Waals surface area contributed by atoms with Crippen LogP contribution < -0.4 is 10.6 Å². The van der Waals surface area contributed by atoms with Gasteiger partial charge >= 0.3 is 0 Å². The van der Waals surface area contributed by atoms with Gasteiger partial charge in [-0.25, -0.2) is 9.97 Å². The lowest BCUT2D eigenvalue weighted by molar-refractivity contribution is 0.500. The number of nitrogens with zero attached hydrogens (tertiary/aromatic N) is 3. The van der Waals surface area contributed by atoms with Crippen LogP contribution in [0.25, 0.3) is 0 Å². The molecule has 4 nitrogen and oxygen atoms in total. The molecule has 1 aliphatic heterocycles. The first-order valence-electron chi connectivity index (χ1n) is 6.20. The van der Waals surface area contributed by atoms with Crippen molar-refractivity contribution in [3.8, 4) is 0 Å². The topological polar surface area (TPSA) is 55.0 Å². The summed E-state index contributed by atoms with van der Waals surface area (Å²) in [6.07, 6.45) is 4.21. The Kier molecular flexibility index (Phi) is 3.15. The molecular formula is C13H16N4S. The Labute approximate surface area is 110 Å². The molecule has 3 rings (SSSR count). The van der Waals surface area contributed by atoms with Gasteiger partial charge in [0.15, 0.2) is 5.13 Å². The molecule has 3 heterocycles. The third-order valence-corrected chi connectivity index (χ3v) is 4.04. The van der Waals surface area contributed by atoms with E-state index in [0.29, 0.717) is 11.0 Å². The Morgan fingerprint density at radius 3 is 3.06 bits per heavy atom. The maximum absolute atomic E-state index is 5.71. The molecule has 1 aliphatic rings. The van der Waals surface area contributed by atoms with Crippen LogP contribution in [0, 0.1) is 0 Å². The van der Waals surface area contributed by atoms with Crippen molar-refractivity contribution in [2.75, 3.05) is 23.7 Å². The number of nitrogens with two attached hydrogens (primary N) is 1. The van der Waals surface area contributed by atoms with Gasteiger partial charge in [-0.05, 0) is 25.0 Å². The van der Waals surface area contributed by atoms with Crippen LogP contribution in [-0.4, -0.2) is 23.1 Å². The van der Waals surface area contributed by atoms with Gasteiger partial charge in [-0.15, -0.1) is 11.3 Å². The Morgan fingerprint density at radius 1 is 1.39 bits per heavy atom. The summed E-state index contributed by atoms with van der Waals surface area (Å²) in [5.41, 5.74) is 6.85. The molecule has 0 spiro atoms. The van der Waals surface area contributed by atoms with Crippen molar-refractivity contribution in [2.45, 2.75) is 18.8 Å². The molecule has 2 N–H and O–H groups in total. The standard InChI is InChI=1S/C13H16N4S/c14-13-16-11(9-18-13)10-4-3-7-17(8-10)12-5-1-2-6-15-12/h1-2,5-6,9-10H,3-4,7-8H2,(H2,14,16). The minimum atomic E-state index is 0.481. The fourth-order valence-corrected chi connectivity index (χ4v) is 3.10. The fraction of sp³-hybridized carbons (Fsp3) is 0.385. The number of nitrogen functional groups attached to an aromatic ring is 1. The van der Waals surface area contributed by atoms with Crippen LogP contribution in [0.15, 0.2) is 29.8 Å². The zero-order valence-corrected chi connectivity index (χ0v) is 10.9. The molecule has 94 valence electrons. The van der Waals surface area contributed by atoms with Gasteiger partial charge in [0.2, 0.25) is 0 Å². The molecule has 0 aromatic carbocycles. The van der Waals surface area contributed by atoms with Gasteiger partial charge in [0, 0.05) is 30.6 Å². The normalized spacial score (nSPS) is 20.0. The smallest absolute Gasteiger partial charge is 0.180 e. The highest BCUT2D eigenvalue weighted by atomic mass is 32.1. The second-order valence-electron chi connectivity index (χ2n) is 4.58. The molecular weight excluding hydrogens is 244 g/mol. The Hall–Kier alpha value is -1.62. The minimum Gasteiger partial charge on any atom is -0.375 e. The number of hydrogen-bond acceptors (Lipinski definition) is 5. The average Bonchev–Trinajstić information content (AvgIpc) is 2.87. The van der Waals surface area contributed by atoms with Crippen molar-refractivity contribution < 1.29 is 0 Å². The first-order valence-corrected chi connectivity index (χ1v) is 7.08. The Bertz CT molecular complexity index is 511. The van der Waals surface area contributed by atoms with Crippen molar-refractivity contribution >= 4 is 22.3 Å². The van der Waals surface area contributed by atoms with Crippen molar-refractivity contribution in [3.05, 3.63) is 35.5 Å². The van der Waals surface area contributed by atoms with Crippen molar-refractivity contribution in [1.82, 2.24) is 9.97 Å². The lowest BCUT2D eigenvalue weighted by atomic mass is 9.95. The average molecular weight is 260 g/mol. The van der Waals surface area contributed by atoms with E-state index in [0.717, 1.165) is 24.6 Å². The number of pyridine rings is 1. The molecule has 0 bridgehead atoms. The Morgan fingerprint density at radius 2 is 2.33 bits per heavy atom. The minimum absolute atomic E-state index is 0.481. The van der Waals surface area contributed by atoms with Gasteiger partial charge in [0.05, 0.1) is 5.69 Å². The molecule has 1 saturated heterocycles. The van der Waals surface area contributed by atoms with E-state index in [1.165, 1.54) is 24.2 Å². The summed E-state index contributed by atoms with van der Waals surface area (Å²) < 4.78 is 0. The lowest BCUT2D eigenvalue weighted by Gasteiger charge is -2.32. The molecule has 5 heteroatoms. The molecule has 2 aromatic rings. The van der Waals surface area contributed by atoms with E-state index < -0.39 is 0 Å². The van der Waals surface area contributed by atoms with Crippen LogP contribution in [0.1, 0.15) is 24.5 Å². The van der Waals surface area contributed by atoms with E-state index >= 15 is 0 Å². The lowest BCUT2D eigenvalue weighted by Crippen LogP contribution is -2.34. The predicted molar refractivity (Wildman–Crippen MR) is 75.0 cm³/mol. The van der Waals surface area contributed by atoms with E-state index in [4.69, 9.17) is 5.73 Å². The summed E-state index contributed by atoms with van der Waals surface area (Å²) in [5, 5.41) is 2.75. The first kappa shape index (κ1) is 11.5. The zero-order chi connectivity index (χ0) is 12.4. The SMILES string of the molecule is Nc1nc(C2CCCN(c3ccccn3)C2)cs1. The Balaban J connectivity index is 1.76. The third-order valence-electron chi connectivity index (χ3n) is 3.35. The maximum atomic E-state index is 5.71. The highest BCUT2D eigenvalue weighted by molar-refractivity contribution is 7.13. The summed E-state index contributed by atoms with van der Waals surface area (Å²) in [6, 6.07) is 6.05. The number of rotatable bonds is 2. The molecule has 1 unspecified atom stereocenters. The molecule has 0 saturated carbocycles. The highest BCUT2D eigenvalue weighted by Crippen LogP contribution is 2.30. The second-order valence-corrected chi connectivity index (χ2v) is 5.47. The number of aromatic nitrogens is 2. The molecule has 0 aliphatic carbocycles. The number of piperidine rings is 1. The number of thiazole rings is 1. The van der Waals surface area contributed by atoms with E-state index in [1.54, 1.807) is 0 Å². The summed E-state index contributed by atoms with van der Waals surface area (Å²) in [6.45, 7) is 2.06. The van der Waals surface area contributed by atoms with Gasteiger partial charge in [-0.1, -0.05) is 6.07 Å². The summed E-state index contributed by atoms with van der Waals surface area (Å²) in [4.78, 5) is 11.2. The van der Waals surface area contributed by atoms with Gasteiger partial charge in [0.25, 0.3) is 0 Å². The first-order chi connectivity index (χ1) is 8.83. The number of hydrogen-bond donors (Lipinski definition) is 1. The van der Waals surface area contributed by atoms with Crippen LogP contribution in [0.3, 0.4) is 0 Å². The molecule has 0 amide bonds. The van der Waals surface area contributed by atoms with Crippen molar-refractivity contribution in [2.24, 2.45) is 0 Å². The molecule has 2 aromatic heterocycles. The maximum Gasteiger partial charge on any atom is 0.180 e. The van der Waals surface area contributed by atoms with Crippen molar-refractivity contribution in [3.63, 3.8) is 0 Å². The highest BCUT2D eigenvalue weighted by Gasteiger charge is 2.23.